The lowest BCUT2D eigenvalue weighted by atomic mass is 10.3. The van der Waals surface area contributed by atoms with Crippen molar-refractivity contribution in [3.05, 3.63) is 65.2 Å². The van der Waals surface area contributed by atoms with Gasteiger partial charge in [0.1, 0.15) is 5.69 Å². The summed E-state index contributed by atoms with van der Waals surface area (Å²) in [5.41, 5.74) is 3.61. The minimum absolute atomic E-state index is 0.455. The molecule has 6 heteroatoms. The molecule has 106 valence electrons. The number of nitrogens with one attached hydrogen (secondary N) is 1. The van der Waals surface area contributed by atoms with Crippen LogP contribution >= 0.6 is 11.6 Å². The molecule has 0 unspecified atom stereocenters. The SMILES string of the molecule is Cc1cnc(Cl)c(NCc2cnn(-c3ccccc3)n2)c1. The Hall–Kier alpha value is -2.40. The molecule has 0 saturated carbocycles. The Morgan fingerprint density at radius 2 is 2.00 bits per heavy atom. The summed E-state index contributed by atoms with van der Waals surface area (Å²) in [6.07, 6.45) is 3.47. The van der Waals surface area contributed by atoms with E-state index in [1.54, 1.807) is 17.2 Å². The summed E-state index contributed by atoms with van der Waals surface area (Å²) in [5, 5.41) is 12.4. The molecular weight excluding hydrogens is 286 g/mol. The predicted octanol–water partition coefficient (Wildman–Crippen LogP) is 3.24. The zero-order chi connectivity index (χ0) is 14.7. The molecule has 0 saturated heterocycles. The van der Waals surface area contributed by atoms with E-state index in [4.69, 9.17) is 11.6 Å². The molecule has 0 aliphatic carbocycles. The van der Waals surface area contributed by atoms with Crippen LogP contribution in [0.2, 0.25) is 5.15 Å². The lowest BCUT2D eigenvalue weighted by molar-refractivity contribution is 0.740. The number of nitrogens with zero attached hydrogens (tertiary/aromatic N) is 4. The van der Waals surface area contributed by atoms with Gasteiger partial charge in [-0.2, -0.15) is 15.0 Å². The van der Waals surface area contributed by atoms with Gasteiger partial charge in [-0.05, 0) is 30.7 Å². The van der Waals surface area contributed by atoms with Gasteiger partial charge >= 0.3 is 0 Å². The van der Waals surface area contributed by atoms with E-state index in [9.17, 15) is 0 Å². The fourth-order valence-corrected chi connectivity index (χ4v) is 2.09. The molecule has 0 atom stereocenters. The molecule has 0 aliphatic rings. The molecule has 0 amide bonds. The van der Waals surface area contributed by atoms with E-state index in [-0.39, 0.29) is 0 Å². The number of benzene rings is 1. The Morgan fingerprint density at radius 3 is 2.81 bits per heavy atom. The summed E-state index contributed by atoms with van der Waals surface area (Å²) in [4.78, 5) is 5.71. The minimum atomic E-state index is 0.455. The van der Waals surface area contributed by atoms with Gasteiger partial charge in [-0.1, -0.05) is 29.8 Å². The molecule has 0 aliphatic heterocycles. The predicted molar refractivity (Wildman–Crippen MR) is 82.7 cm³/mol. The number of anilines is 1. The quantitative estimate of drug-likeness (QED) is 0.751. The lowest BCUT2D eigenvalue weighted by Crippen LogP contribution is -2.03. The van der Waals surface area contributed by atoms with E-state index in [1.165, 1.54) is 0 Å². The van der Waals surface area contributed by atoms with Crippen LogP contribution in [0.25, 0.3) is 5.69 Å². The Morgan fingerprint density at radius 1 is 1.19 bits per heavy atom. The largest absolute Gasteiger partial charge is 0.377 e. The van der Waals surface area contributed by atoms with Crippen LogP contribution < -0.4 is 5.32 Å². The van der Waals surface area contributed by atoms with Crippen LogP contribution in [-0.4, -0.2) is 20.0 Å². The highest BCUT2D eigenvalue weighted by Crippen LogP contribution is 2.20. The van der Waals surface area contributed by atoms with E-state index >= 15 is 0 Å². The van der Waals surface area contributed by atoms with Crippen LogP contribution in [0.4, 0.5) is 5.69 Å². The third-order valence-electron chi connectivity index (χ3n) is 2.96. The summed E-state index contributed by atoms with van der Waals surface area (Å²) in [6.45, 7) is 2.51. The van der Waals surface area contributed by atoms with Crippen molar-refractivity contribution in [1.29, 1.82) is 0 Å². The molecule has 1 N–H and O–H groups in total. The highest BCUT2D eigenvalue weighted by atomic mass is 35.5. The average molecular weight is 300 g/mol. The number of rotatable bonds is 4. The van der Waals surface area contributed by atoms with Gasteiger partial charge in [-0.3, -0.25) is 0 Å². The maximum absolute atomic E-state index is 6.05. The molecule has 0 fully saturated rings. The molecule has 21 heavy (non-hydrogen) atoms. The lowest BCUT2D eigenvalue weighted by Gasteiger charge is -2.06. The highest BCUT2D eigenvalue weighted by molar-refractivity contribution is 6.31. The zero-order valence-corrected chi connectivity index (χ0v) is 12.2. The number of aromatic nitrogens is 4. The Labute approximate surface area is 127 Å². The van der Waals surface area contributed by atoms with E-state index in [1.807, 2.05) is 43.3 Å². The van der Waals surface area contributed by atoms with E-state index in [2.05, 4.69) is 20.5 Å². The molecule has 3 rings (SSSR count). The van der Waals surface area contributed by atoms with Crippen LogP contribution in [0.5, 0.6) is 0 Å². The van der Waals surface area contributed by atoms with Gasteiger partial charge in [-0.25, -0.2) is 4.98 Å². The van der Waals surface area contributed by atoms with E-state index in [0.29, 0.717) is 11.7 Å². The van der Waals surface area contributed by atoms with Crippen LogP contribution in [0.3, 0.4) is 0 Å². The average Bonchev–Trinajstić information content (AvgIpc) is 2.98. The third-order valence-corrected chi connectivity index (χ3v) is 3.26. The molecule has 0 bridgehead atoms. The van der Waals surface area contributed by atoms with Gasteiger partial charge in [0.2, 0.25) is 0 Å². The fraction of sp³-hybridized carbons (Fsp3) is 0.133. The summed E-state index contributed by atoms with van der Waals surface area (Å²) in [7, 11) is 0. The maximum atomic E-state index is 6.05. The second-order valence-corrected chi connectivity index (χ2v) is 5.02. The normalized spacial score (nSPS) is 10.6. The molecule has 0 radical (unpaired) electrons. The van der Waals surface area contributed by atoms with Crippen LogP contribution in [0.15, 0.2) is 48.8 Å². The Kier molecular flexibility index (Phi) is 3.83. The van der Waals surface area contributed by atoms with Crippen LogP contribution in [0, 0.1) is 6.92 Å². The standard InChI is InChI=1S/C15H14ClN5/c1-11-7-14(15(16)18-8-11)17-9-12-10-19-21(20-12)13-5-3-2-4-6-13/h2-8,10,17H,9H2,1H3. The summed E-state index contributed by atoms with van der Waals surface area (Å²) < 4.78 is 0. The van der Waals surface area contributed by atoms with Gasteiger partial charge < -0.3 is 5.32 Å². The molecule has 5 nitrogen and oxygen atoms in total. The molecule has 0 spiro atoms. The number of pyridine rings is 1. The van der Waals surface area contributed by atoms with Crippen molar-refractivity contribution < 1.29 is 0 Å². The first-order valence-corrected chi connectivity index (χ1v) is 6.93. The summed E-state index contributed by atoms with van der Waals surface area (Å²) in [6, 6.07) is 11.7. The van der Waals surface area contributed by atoms with Crippen molar-refractivity contribution in [1.82, 2.24) is 20.0 Å². The Bertz CT molecular complexity index is 739. The van der Waals surface area contributed by atoms with Crippen molar-refractivity contribution in [2.75, 3.05) is 5.32 Å². The van der Waals surface area contributed by atoms with E-state index < -0.39 is 0 Å². The van der Waals surface area contributed by atoms with Crippen LogP contribution in [0.1, 0.15) is 11.3 Å². The maximum Gasteiger partial charge on any atom is 0.152 e. The summed E-state index contributed by atoms with van der Waals surface area (Å²) >= 11 is 6.05. The number of halogens is 1. The Balaban J connectivity index is 1.72. The number of aryl methyl sites for hydroxylation is 1. The number of hydrogen-bond acceptors (Lipinski definition) is 4. The second-order valence-electron chi connectivity index (χ2n) is 4.67. The van der Waals surface area contributed by atoms with Crippen LogP contribution in [-0.2, 0) is 6.54 Å². The third kappa shape index (κ3) is 3.20. The van der Waals surface area contributed by atoms with Gasteiger partial charge in [0.15, 0.2) is 5.15 Å². The number of hydrogen-bond donors (Lipinski definition) is 1. The molecule has 3 aromatic rings. The van der Waals surface area contributed by atoms with Gasteiger partial charge in [-0.15, -0.1) is 0 Å². The van der Waals surface area contributed by atoms with Crippen molar-refractivity contribution in [2.45, 2.75) is 13.5 Å². The second kappa shape index (κ2) is 5.93. The fourth-order valence-electron chi connectivity index (χ4n) is 1.92. The minimum Gasteiger partial charge on any atom is -0.377 e. The van der Waals surface area contributed by atoms with Gasteiger partial charge in [0.25, 0.3) is 0 Å². The molecule has 2 aromatic heterocycles. The highest BCUT2D eigenvalue weighted by Gasteiger charge is 2.05. The van der Waals surface area contributed by atoms with E-state index in [0.717, 1.165) is 22.6 Å². The zero-order valence-electron chi connectivity index (χ0n) is 11.5. The monoisotopic (exact) mass is 299 g/mol. The first kappa shape index (κ1) is 13.6. The van der Waals surface area contributed by atoms with Gasteiger partial charge in [0, 0.05) is 6.20 Å². The molecular formula is C15H14ClN5. The summed E-state index contributed by atoms with van der Waals surface area (Å²) in [5.74, 6) is 0. The van der Waals surface area contributed by atoms with Crippen molar-refractivity contribution in [3.8, 4) is 5.69 Å². The topological polar surface area (TPSA) is 55.6 Å². The number of para-hydroxylation sites is 1. The van der Waals surface area contributed by atoms with Crippen molar-refractivity contribution in [2.24, 2.45) is 0 Å². The molecule has 2 heterocycles. The first-order valence-electron chi connectivity index (χ1n) is 6.55. The van der Waals surface area contributed by atoms with Crippen molar-refractivity contribution in [3.63, 3.8) is 0 Å². The smallest absolute Gasteiger partial charge is 0.152 e. The first-order chi connectivity index (χ1) is 10.2. The molecule has 1 aromatic carbocycles. The van der Waals surface area contributed by atoms with Gasteiger partial charge in [0.05, 0.1) is 24.1 Å². The van der Waals surface area contributed by atoms with Crippen molar-refractivity contribution >= 4 is 17.3 Å².